The highest BCUT2D eigenvalue weighted by Crippen LogP contribution is 2.21. The van der Waals surface area contributed by atoms with Gasteiger partial charge in [-0.15, -0.1) is 0 Å². The summed E-state index contributed by atoms with van der Waals surface area (Å²) in [6.45, 7) is 2.04. The van der Waals surface area contributed by atoms with Crippen molar-refractivity contribution in [2.24, 2.45) is 14.1 Å². The topological polar surface area (TPSA) is 65.1 Å². The fraction of sp³-hybridized carbons (Fsp3) is 0.421. The van der Waals surface area contributed by atoms with Gasteiger partial charge in [0.2, 0.25) is 5.95 Å². The minimum Gasteiger partial charge on any atom is -0.342 e. The second kappa shape index (κ2) is 6.88. The van der Waals surface area contributed by atoms with Gasteiger partial charge >= 0.3 is 5.69 Å². The summed E-state index contributed by atoms with van der Waals surface area (Å²) < 4.78 is 4.54. The van der Waals surface area contributed by atoms with Crippen LogP contribution in [0.2, 0.25) is 5.02 Å². The Morgan fingerprint density at radius 1 is 1.00 bits per heavy atom. The number of benzene rings is 1. The van der Waals surface area contributed by atoms with Crippen molar-refractivity contribution in [2.45, 2.75) is 25.8 Å². The van der Waals surface area contributed by atoms with Crippen LogP contribution in [-0.4, -0.2) is 31.8 Å². The highest BCUT2D eigenvalue weighted by atomic mass is 35.5. The molecule has 1 fully saturated rings. The van der Waals surface area contributed by atoms with Gasteiger partial charge in [-0.25, -0.2) is 4.79 Å². The normalized spacial score (nSPS) is 14.9. The molecule has 27 heavy (non-hydrogen) atoms. The Balaban J connectivity index is 1.86. The molecule has 1 saturated heterocycles. The summed E-state index contributed by atoms with van der Waals surface area (Å²) in [5.74, 6) is 0.751. The smallest absolute Gasteiger partial charge is 0.332 e. The zero-order valence-corrected chi connectivity index (χ0v) is 16.2. The zero-order chi connectivity index (χ0) is 19.1. The average molecular weight is 388 g/mol. The molecular weight excluding hydrogens is 366 g/mol. The molecule has 3 heterocycles. The molecule has 0 bridgehead atoms. The van der Waals surface area contributed by atoms with Crippen LogP contribution in [0.4, 0.5) is 5.95 Å². The molecule has 0 amide bonds. The van der Waals surface area contributed by atoms with Gasteiger partial charge in [0.15, 0.2) is 11.2 Å². The molecule has 1 aliphatic rings. The van der Waals surface area contributed by atoms with E-state index in [-0.39, 0.29) is 17.8 Å². The fourth-order valence-electron chi connectivity index (χ4n) is 3.72. The second-order valence-electron chi connectivity index (χ2n) is 7.05. The summed E-state index contributed by atoms with van der Waals surface area (Å²) in [6, 6.07) is 7.15. The largest absolute Gasteiger partial charge is 0.342 e. The number of hydrogen-bond donors (Lipinski definition) is 0. The van der Waals surface area contributed by atoms with Crippen LogP contribution in [0.15, 0.2) is 33.9 Å². The van der Waals surface area contributed by atoms with Crippen LogP contribution >= 0.6 is 11.6 Å². The molecule has 0 N–H and O–H groups in total. The van der Waals surface area contributed by atoms with Gasteiger partial charge in [-0.1, -0.05) is 23.7 Å². The Kier molecular flexibility index (Phi) is 4.55. The summed E-state index contributed by atoms with van der Waals surface area (Å²) in [7, 11) is 3.51. The third kappa shape index (κ3) is 3.06. The lowest BCUT2D eigenvalue weighted by atomic mass is 10.1. The number of piperidine rings is 1. The van der Waals surface area contributed by atoms with Crippen LogP contribution in [0.1, 0.15) is 24.8 Å². The maximum atomic E-state index is 13.1. The number of nitrogens with zero attached hydrogens (tertiary/aromatic N) is 5. The van der Waals surface area contributed by atoms with Gasteiger partial charge in [-0.3, -0.25) is 13.9 Å². The van der Waals surface area contributed by atoms with E-state index >= 15 is 0 Å². The molecule has 142 valence electrons. The quantitative estimate of drug-likeness (QED) is 0.690. The first-order valence-corrected chi connectivity index (χ1v) is 9.51. The lowest BCUT2D eigenvalue weighted by Crippen LogP contribution is -2.39. The standard InChI is InChI=1S/C19H22ClN5O2/c1-22-15-16(21-18(22)24-10-4-3-5-11-24)23(2)19(27)25(17(15)26)12-13-6-8-14(20)9-7-13/h6-9H,3-5,10-12H2,1-2H3. The average Bonchev–Trinajstić information content (AvgIpc) is 3.03. The van der Waals surface area contributed by atoms with Gasteiger partial charge in [0.1, 0.15) is 0 Å². The van der Waals surface area contributed by atoms with Crippen LogP contribution in [0.25, 0.3) is 11.2 Å². The Labute approximate surface area is 161 Å². The number of aromatic nitrogens is 4. The number of rotatable bonds is 3. The van der Waals surface area contributed by atoms with E-state index in [2.05, 4.69) is 9.88 Å². The van der Waals surface area contributed by atoms with E-state index in [9.17, 15) is 9.59 Å². The highest BCUT2D eigenvalue weighted by Gasteiger charge is 2.22. The molecule has 0 atom stereocenters. The molecule has 0 radical (unpaired) electrons. The van der Waals surface area contributed by atoms with E-state index in [1.54, 1.807) is 19.2 Å². The number of imidazole rings is 1. The molecule has 1 aromatic carbocycles. The highest BCUT2D eigenvalue weighted by molar-refractivity contribution is 6.30. The van der Waals surface area contributed by atoms with Crippen LogP contribution in [-0.2, 0) is 20.6 Å². The SMILES string of the molecule is Cn1c(N2CCCCC2)nc2c1c(=O)n(Cc1ccc(Cl)cc1)c(=O)n2C. The van der Waals surface area contributed by atoms with Crippen LogP contribution < -0.4 is 16.1 Å². The first kappa shape index (κ1) is 17.9. The first-order chi connectivity index (χ1) is 13.0. The summed E-state index contributed by atoms with van der Waals surface area (Å²) in [4.78, 5) is 32.8. The van der Waals surface area contributed by atoms with Gasteiger partial charge in [-0.2, -0.15) is 4.98 Å². The number of anilines is 1. The predicted octanol–water partition coefficient (Wildman–Crippen LogP) is 2.13. The molecule has 0 spiro atoms. The van der Waals surface area contributed by atoms with Gasteiger partial charge in [0, 0.05) is 32.2 Å². The van der Waals surface area contributed by atoms with Crippen LogP contribution in [0, 0.1) is 0 Å². The fourth-order valence-corrected chi connectivity index (χ4v) is 3.85. The van der Waals surface area contributed by atoms with Crippen molar-refractivity contribution >= 4 is 28.7 Å². The molecule has 1 aliphatic heterocycles. The number of aryl methyl sites for hydroxylation is 2. The van der Waals surface area contributed by atoms with Crippen molar-refractivity contribution in [3.8, 4) is 0 Å². The van der Waals surface area contributed by atoms with Crippen molar-refractivity contribution in [1.29, 1.82) is 0 Å². The maximum Gasteiger partial charge on any atom is 0.332 e. The lowest BCUT2D eigenvalue weighted by molar-refractivity contribution is 0.563. The monoisotopic (exact) mass is 387 g/mol. The molecule has 7 nitrogen and oxygen atoms in total. The van der Waals surface area contributed by atoms with Gasteiger partial charge in [-0.05, 0) is 37.0 Å². The summed E-state index contributed by atoms with van der Waals surface area (Å²) >= 11 is 5.93. The van der Waals surface area contributed by atoms with E-state index in [1.807, 2.05) is 23.7 Å². The van der Waals surface area contributed by atoms with E-state index in [1.165, 1.54) is 15.6 Å². The molecule has 0 saturated carbocycles. The Morgan fingerprint density at radius 2 is 1.67 bits per heavy atom. The molecule has 4 rings (SSSR count). The lowest BCUT2D eigenvalue weighted by Gasteiger charge is -2.27. The van der Waals surface area contributed by atoms with Gasteiger partial charge in [0.25, 0.3) is 5.56 Å². The summed E-state index contributed by atoms with van der Waals surface area (Å²) in [6.07, 6.45) is 3.44. The molecule has 3 aromatic rings. The Morgan fingerprint density at radius 3 is 2.33 bits per heavy atom. The molecule has 0 aliphatic carbocycles. The summed E-state index contributed by atoms with van der Waals surface area (Å²) in [5, 5.41) is 0.618. The number of halogens is 1. The summed E-state index contributed by atoms with van der Waals surface area (Å²) in [5.41, 5.74) is 1.04. The Bertz CT molecular complexity index is 1100. The number of hydrogen-bond acceptors (Lipinski definition) is 4. The van der Waals surface area contributed by atoms with Crippen LogP contribution in [0.5, 0.6) is 0 Å². The molecular formula is C19H22ClN5O2. The van der Waals surface area contributed by atoms with E-state index in [0.717, 1.165) is 37.4 Å². The minimum atomic E-state index is -0.370. The van der Waals surface area contributed by atoms with E-state index in [4.69, 9.17) is 11.6 Å². The molecule has 8 heteroatoms. The second-order valence-corrected chi connectivity index (χ2v) is 7.49. The first-order valence-electron chi connectivity index (χ1n) is 9.13. The van der Waals surface area contributed by atoms with Crippen molar-refractivity contribution in [1.82, 2.24) is 18.7 Å². The third-order valence-electron chi connectivity index (χ3n) is 5.23. The van der Waals surface area contributed by atoms with E-state index < -0.39 is 0 Å². The van der Waals surface area contributed by atoms with Crippen molar-refractivity contribution < 1.29 is 0 Å². The molecule has 2 aromatic heterocycles. The predicted molar refractivity (Wildman–Crippen MR) is 107 cm³/mol. The van der Waals surface area contributed by atoms with Gasteiger partial charge in [0.05, 0.1) is 6.54 Å². The van der Waals surface area contributed by atoms with E-state index in [0.29, 0.717) is 16.2 Å². The third-order valence-corrected chi connectivity index (χ3v) is 5.48. The maximum absolute atomic E-state index is 13.1. The Hall–Kier alpha value is -2.54. The minimum absolute atomic E-state index is 0.197. The zero-order valence-electron chi connectivity index (χ0n) is 15.5. The number of fused-ring (bicyclic) bond motifs is 1. The van der Waals surface area contributed by atoms with Crippen molar-refractivity contribution in [3.05, 3.63) is 55.7 Å². The van der Waals surface area contributed by atoms with Crippen LogP contribution in [0.3, 0.4) is 0 Å². The van der Waals surface area contributed by atoms with Gasteiger partial charge < -0.3 is 9.47 Å². The van der Waals surface area contributed by atoms with Crippen molar-refractivity contribution in [3.63, 3.8) is 0 Å². The van der Waals surface area contributed by atoms with Crippen molar-refractivity contribution in [2.75, 3.05) is 18.0 Å². The molecule has 0 unspecified atom stereocenters.